The number of imidazole rings is 1. The SMILES string of the molecule is CCCC(CCC)c1nc(-c2ccncc2)c(-c2ccc(Cl)cc2)n1CC.O=C(C(=NO)c1ccncc1)c1ccc(Cl)cc1. The van der Waals surface area contributed by atoms with Crippen LogP contribution in [0.5, 0.6) is 0 Å². The molecule has 5 rings (SSSR count). The van der Waals surface area contributed by atoms with Crippen molar-refractivity contribution >= 4 is 34.7 Å². The van der Waals surface area contributed by atoms with Crippen molar-refractivity contribution in [2.75, 3.05) is 0 Å². The van der Waals surface area contributed by atoms with Crippen molar-refractivity contribution in [1.82, 2.24) is 19.5 Å². The van der Waals surface area contributed by atoms with Crippen molar-refractivity contribution < 1.29 is 10.0 Å². The fraction of sp³-hybridized carbons (Fsp3) is 0.250. The molecule has 3 heterocycles. The fourth-order valence-corrected chi connectivity index (χ4v) is 5.55. The summed E-state index contributed by atoms with van der Waals surface area (Å²) in [6.45, 7) is 7.61. The number of hydrogen-bond acceptors (Lipinski definition) is 6. The maximum atomic E-state index is 12.1. The fourth-order valence-electron chi connectivity index (χ4n) is 5.29. The van der Waals surface area contributed by atoms with E-state index in [0.29, 0.717) is 22.1 Å². The van der Waals surface area contributed by atoms with Crippen LogP contribution in [0.2, 0.25) is 10.0 Å². The Morgan fingerprint density at radius 2 is 1.29 bits per heavy atom. The van der Waals surface area contributed by atoms with Crippen molar-refractivity contribution in [2.24, 2.45) is 5.16 Å². The molecule has 0 aliphatic rings. The molecule has 0 unspecified atom stereocenters. The lowest BCUT2D eigenvalue weighted by Gasteiger charge is -2.18. The van der Waals surface area contributed by atoms with Crippen LogP contribution in [0.25, 0.3) is 22.5 Å². The predicted molar refractivity (Wildman–Crippen MR) is 182 cm³/mol. The first-order chi connectivity index (χ1) is 21.9. The van der Waals surface area contributed by atoms with Crippen LogP contribution in [-0.4, -0.2) is 36.2 Å². The van der Waals surface area contributed by atoms with E-state index in [9.17, 15) is 4.79 Å². The zero-order valence-electron chi connectivity index (χ0n) is 25.7. The Morgan fingerprint density at radius 3 is 1.80 bits per heavy atom. The van der Waals surface area contributed by atoms with Gasteiger partial charge >= 0.3 is 0 Å². The maximum absolute atomic E-state index is 12.1. The smallest absolute Gasteiger partial charge is 0.215 e. The average Bonchev–Trinajstić information content (AvgIpc) is 3.46. The van der Waals surface area contributed by atoms with E-state index in [0.717, 1.165) is 28.4 Å². The van der Waals surface area contributed by atoms with Gasteiger partial charge in [0.15, 0.2) is 5.71 Å². The molecule has 45 heavy (non-hydrogen) atoms. The second kappa shape index (κ2) is 16.7. The molecule has 5 aromatic rings. The molecule has 0 spiro atoms. The van der Waals surface area contributed by atoms with E-state index >= 15 is 0 Å². The minimum Gasteiger partial charge on any atom is -0.410 e. The summed E-state index contributed by atoms with van der Waals surface area (Å²) in [5.74, 6) is 1.32. The number of hydrogen-bond donors (Lipinski definition) is 1. The summed E-state index contributed by atoms with van der Waals surface area (Å²) in [6, 6.07) is 21.8. The summed E-state index contributed by atoms with van der Waals surface area (Å²) in [5.41, 5.74) is 5.35. The number of Topliss-reactive ketones (excluding diaryl/α,β-unsaturated/α-hetero) is 1. The highest BCUT2D eigenvalue weighted by Crippen LogP contribution is 2.37. The summed E-state index contributed by atoms with van der Waals surface area (Å²) in [7, 11) is 0. The molecule has 0 aliphatic heterocycles. The zero-order chi connectivity index (χ0) is 32.2. The Morgan fingerprint density at radius 1 is 0.756 bits per heavy atom. The summed E-state index contributed by atoms with van der Waals surface area (Å²) < 4.78 is 2.40. The number of rotatable bonds is 11. The van der Waals surface area contributed by atoms with Crippen LogP contribution < -0.4 is 0 Å². The molecule has 0 aliphatic carbocycles. The molecule has 0 saturated carbocycles. The van der Waals surface area contributed by atoms with Gasteiger partial charge in [0.05, 0.1) is 11.4 Å². The highest BCUT2D eigenvalue weighted by Gasteiger charge is 2.24. The third-order valence-corrected chi connectivity index (χ3v) is 7.90. The topological polar surface area (TPSA) is 93.3 Å². The van der Waals surface area contributed by atoms with Gasteiger partial charge in [0, 0.05) is 69.5 Å². The van der Waals surface area contributed by atoms with E-state index in [1.165, 1.54) is 49.6 Å². The second-order valence-corrected chi connectivity index (χ2v) is 11.3. The van der Waals surface area contributed by atoms with E-state index < -0.39 is 0 Å². The standard InChI is InChI=1S/C23H28ClN3.C13H9ClN2O2/c1-4-7-19(8-5-2)23-26-21(17-13-15-25-16-14-17)22(27(23)6-3)18-9-11-20(24)12-10-18;14-11-3-1-10(2-4-11)13(17)12(16-18)9-5-7-15-8-6-9/h9-16,19H,4-8H2,1-3H3;1-8,18H. The van der Waals surface area contributed by atoms with Crippen molar-refractivity contribution in [2.45, 2.75) is 58.9 Å². The summed E-state index contributed by atoms with van der Waals surface area (Å²) >= 11 is 11.9. The molecule has 0 fully saturated rings. The molecule has 3 aromatic heterocycles. The molecule has 0 radical (unpaired) electrons. The average molecular weight is 643 g/mol. The Bertz CT molecular complexity index is 1680. The first-order valence-electron chi connectivity index (χ1n) is 15.1. The largest absolute Gasteiger partial charge is 0.410 e. The number of pyridine rings is 2. The quantitative estimate of drug-likeness (QED) is 0.0670. The molecule has 232 valence electrons. The Hall–Kier alpha value is -4.33. The molecule has 0 amide bonds. The Labute approximate surface area is 274 Å². The third-order valence-electron chi connectivity index (χ3n) is 7.40. The number of oxime groups is 1. The molecule has 7 nitrogen and oxygen atoms in total. The Balaban J connectivity index is 0.000000222. The predicted octanol–water partition coefficient (Wildman–Crippen LogP) is 9.77. The van der Waals surface area contributed by atoms with Gasteiger partial charge in [0.25, 0.3) is 0 Å². The van der Waals surface area contributed by atoms with E-state index in [1.54, 1.807) is 36.4 Å². The van der Waals surface area contributed by atoms with Gasteiger partial charge in [-0.25, -0.2) is 4.98 Å². The highest BCUT2D eigenvalue weighted by molar-refractivity contribution is 6.51. The van der Waals surface area contributed by atoms with E-state index in [1.807, 2.05) is 36.7 Å². The number of nitrogens with zero attached hydrogens (tertiary/aromatic N) is 5. The van der Waals surface area contributed by atoms with Crippen molar-refractivity contribution in [1.29, 1.82) is 0 Å². The lowest BCUT2D eigenvalue weighted by molar-refractivity contribution is 0.106. The molecule has 0 saturated heterocycles. The first kappa shape index (κ1) is 33.6. The molecule has 0 bridgehead atoms. The van der Waals surface area contributed by atoms with E-state index in [-0.39, 0.29) is 11.5 Å². The highest BCUT2D eigenvalue weighted by atomic mass is 35.5. The van der Waals surface area contributed by atoms with Gasteiger partial charge in [-0.05, 0) is 80.4 Å². The molecule has 2 aromatic carbocycles. The summed E-state index contributed by atoms with van der Waals surface area (Å²) in [4.78, 5) is 25.3. The van der Waals surface area contributed by atoms with Crippen molar-refractivity contribution in [3.05, 3.63) is 125 Å². The Kier molecular flexibility index (Phi) is 12.4. The van der Waals surface area contributed by atoms with Gasteiger partial charge in [0.2, 0.25) is 5.78 Å². The van der Waals surface area contributed by atoms with Gasteiger partial charge in [0.1, 0.15) is 5.82 Å². The first-order valence-corrected chi connectivity index (χ1v) is 15.9. The van der Waals surface area contributed by atoms with Crippen molar-refractivity contribution in [3.63, 3.8) is 0 Å². The van der Waals surface area contributed by atoms with Crippen LogP contribution in [0.3, 0.4) is 0 Å². The van der Waals surface area contributed by atoms with Crippen LogP contribution in [-0.2, 0) is 6.54 Å². The summed E-state index contributed by atoms with van der Waals surface area (Å²) in [6.07, 6.45) is 11.4. The summed E-state index contributed by atoms with van der Waals surface area (Å²) in [5, 5.41) is 13.3. The third kappa shape index (κ3) is 8.44. The van der Waals surface area contributed by atoms with Crippen LogP contribution in [0.15, 0.2) is 103 Å². The van der Waals surface area contributed by atoms with E-state index in [4.69, 9.17) is 33.4 Å². The van der Waals surface area contributed by atoms with E-state index in [2.05, 4.69) is 52.6 Å². The van der Waals surface area contributed by atoms with Crippen molar-refractivity contribution in [3.8, 4) is 22.5 Å². The molecular weight excluding hydrogens is 605 g/mol. The monoisotopic (exact) mass is 641 g/mol. The van der Waals surface area contributed by atoms with Crippen LogP contribution in [0.4, 0.5) is 0 Å². The van der Waals surface area contributed by atoms with Gasteiger partial charge in [-0.1, -0.05) is 67.2 Å². The van der Waals surface area contributed by atoms with Gasteiger partial charge in [-0.2, -0.15) is 0 Å². The molecule has 9 heteroatoms. The van der Waals surface area contributed by atoms with Gasteiger partial charge in [-0.15, -0.1) is 0 Å². The second-order valence-electron chi connectivity index (χ2n) is 10.4. The number of ketones is 1. The molecular formula is C36H37Cl2N5O2. The van der Waals surface area contributed by atoms with Crippen LogP contribution in [0.1, 0.15) is 74.1 Å². The number of carbonyl (C=O) groups is 1. The normalized spacial score (nSPS) is 11.3. The number of benzene rings is 2. The lowest BCUT2D eigenvalue weighted by Crippen LogP contribution is -2.15. The number of aromatic nitrogens is 4. The minimum absolute atomic E-state index is 0.0280. The number of carbonyl (C=O) groups excluding carboxylic acids is 1. The van der Waals surface area contributed by atoms with Gasteiger partial charge in [-0.3, -0.25) is 14.8 Å². The van der Waals surface area contributed by atoms with Crippen LogP contribution >= 0.6 is 23.2 Å². The van der Waals surface area contributed by atoms with Crippen LogP contribution in [0, 0.1) is 0 Å². The lowest BCUT2D eigenvalue weighted by atomic mass is 9.97. The maximum Gasteiger partial charge on any atom is 0.215 e. The molecule has 0 atom stereocenters. The number of halogens is 2. The molecule has 1 N–H and O–H groups in total. The zero-order valence-corrected chi connectivity index (χ0v) is 27.2. The van der Waals surface area contributed by atoms with Gasteiger partial charge < -0.3 is 9.77 Å². The minimum atomic E-state index is -0.375.